The number of anilines is 1. The Morgan fingerprint density at radius 1 is 0.865 bits per heavy atom. The van der Waals surface area contributed by atoms with Gasteiger partial charge in [0.15, 0.2) is 16.4 Å². The second-order valence-electron chi connectivity index (χ2n) is 8.90. The molecule has 0 spiro atoms. The van der Waals surface area contributed by atoms with E-state index in [-0.39, 0.29) is 41.6 Å². The number of rotatable bonds is 9. The van der Waals surface area contributed by atoms with Crippen LogP contribution in [0.2, 0.25) is 0 Å². The van der Waals surface area contributed by atoms with Crippen LogP contribution in [0.15, 0.2) is 84.9 Å². The zero-order chi connectivity index (χ0) is 26.3. The van der Waals surface area contributed by atoms with E-state index in [4.69, 9.17) is 4.74 Å². The summed E-state index contributed by atoms with van der Waals surface area (Å²) in [4.78, 5) is 40.0. The molecule has 37 heavy (non-hydrogen) atoms. The van der Waals surface area contributed by atoms with Gasteiger partial charge in [-0.15, -0.1) is 0 Å². The van der Waals surface area contributed by atoms with Gasteiger partial charge in [-0.2, -0.15) is 0 Å². The number of sulfone groups is 1. The predicted octanol–water partition coefficient (Wildman–Crippen LogP) is 3.24. The summed E-state index contributed by atoms with van der Waals surface area (Å²) in [5.74, 6) is -1.63. The van der Waals surface area contributed by atoms with Gasteiger partial charge in [-0.1, -0.05) is 72.8 Å². The molecule has 3 aromatic carbocycles. The van der Waals surface area contributed by atoms with E-state index in [2.05, 4.69) is 5.32 Å². The SMILES string of the molecule is O=C(Cc1ccccc1)Nc1ccccc1C(=O)OCC(=O)N(Cc1ccccc1)C1CCS(=O)(=O)C1. The van der Waals surface area contributed by atoms with Crippen molar-refractivity contribution in [2.45, 2.75) is 25.4 Å². The van der Waals surface area contributed by atoms with E-state index in [1.807, 2.05) is 60.7 Å². The topological polar surface area (TPSA) is 110 Å². The smallest absolute Gasteiger partial charge is 0.340 e. The Morgan fingerprint density at radius 2 is 1.49 bits per heavy atom. The van der Waals surface area contributed by atoms with Gasteiger partial charge in [-0.05, 0) is 29.7 Å². The number of para-hydroxylation sites is 1. The summed E-state index contributed by atoms with van der Waals surface area (Å²) in [6.07, 6.45) is 0.479. The molecule has 1 heterocycles. The first-order valence-corrected chi connectivity index (χ1v) is 13.8. The number of nitrogens with one attached hydrogen (secondary N) is 1. The first-order chi connectivity index (χ1) is 17.8. The van der Waals surface area contributed by atoms with Crippen molar-refractivity contribution in [2.24, 2.45) is 0 Å². The molecule has 1 saturated heterocycles. The molecule has 1 atom stereocenters. The predicted molar refractivity (Wildman–Crippen MR) is 140 cm³/mol. The molecule has 0 saturated carbocycles. The minimum Gasteiger partial charge on any atom is -0.452 e. The molecule has 1 N–H and O–H groups in total. The summed E-state index contributed by atoms with van der Waals surface area (Å²) >= 11 is 0. The molecule has 9 heteroatoms. The second-order valence-corrected chi connectivity index (χ2v) is 11.1. The number of benzene rings is 3. The van der Waals surface area contributed by atoms with Gasteiger partial charge in [0.25, 0.3) is 5.91 Å². The van der Waals surface area contributed by atoms with E-state index in [9.17, 15) is 22.8 Å². The van der Waals surface area contributed by atoms with Crippen LogP contribution in [-0.4, -0.2) is 55.3 Å². The Balaban J connectivity index is 1.42. The fourth-order valence-electron chi connectivity index (χ4n) is 4.26. The largest absolute Gasteiger partial charge is 0.452 e. The highest BCUT2D eigenvalue weighted by Crippen LogP contribution is 2.21. The monoisotopic (exact) mass is 520 g/mol. The van der Waals surface area contributed by atoms with Gasteiger partial charge in [-0.3, -0.25) is 9.59 Å². The van der Waals surface area contributed by atoms with Crippen LogP contribution in [-0.2, 0) is 37.1 Å². The normalized spacial score (nSPS) is 16.1. The lowest BCUT2D eigenvalue weighted by Gasteiger charge is -2.28. The van der Waals surface area contributed by atoms with E-state index < -0.39 is 34.4 Å². The average Bonchev–Trinajstić information content (AvgIpc) is 3.26. The maximum Gasteiger partial charge on any atom is 0.340 e. The van der Waals surface area contributed by atoms with Crippen LogP contribution < -0.4 is 5.32 Å². The van der Waals surface area contributed by atoms with E-state index in [1.54, 1.807) is 18.2 Å². The van der Waals surface area contributed by atoms with Crippen LogP contribution in [0.3, 0.4) is 0 Å². The van der Waals surface area contributed by atoms with Gasteiger partial charge in [0.05, 0.1) is 29.2 Å². The van der Waals surface area contributed by atoms with E-state index in [0.29, 0.717) is 6.42 Å². The van der Waals surface area contributed by atoms with Crippen LogP contribution in [0.5, 0.6) is 0 Å². The van der Waals surface area contributed by atoms with Crippen molar-refractivity contribution in [1.29, 1.82) is 0 Å². The third-order valence-electron chi connectivity index (χ3n) is 6.12. The Kier molecular flexibility index (Phi) is 8.35. The molecule has 4 rings (SSSR count). The molecule has 0 radical (unpaired) electrons. The highest BCUT2D eigenvalue weighted by Gasteiger charge is 2.35. The fourth-order valence-corrected chi connectivity index (χ4v) is 5.99. The summed E-state index contributed by atoms with van der Waals surface area (Å²) in [5.41, 5.74) is 2.08. The lowest BCUT2D eigenvalue weighted by atomic mass is 10.1. The summed E-state index contributed by atoms with van der Waals surface area (Å²) in [5, 5.41) is 2.73. The number of nitrogens with zero attached hydrogens (tertiary/aromatic N) is 1. The standard InChI is InChI=1S/C28H28N2O6S/c31-26(17-21-9-3-1-4-10-21)29-25-14-8-7-13-24(25)28(33)36-19-27(32)30(18-22-11-5-2-6-12-22)23-15-16-37(34,35)20-23/h1-14,23H,15-20H2,(H,29,31). The van der Waals surface area contributed by atoms with Crippen LogP contribution in [0.1, 0.15) is 27.9 Å². The number of carbonyl (C=O) groups excluding carboxylic acids is 3. The lowest BCUT2D eigenvalue weighted by Crippen LogP contribution is -2.42. The van der Waals surface area contributed by atoms with Crippen LogP contribution in [0, 0.1) is 0 Å². The summed E-state index contributed by atoms with van der Waals surface area (Å²) in [7, 11) is -3.22. The number of hydrogen-bond donors (Lipinski definition) is 1. The average molecular weight is 521 g/mol. The highest BCUT2D eigenvalue weighted by atomic mass is 32.2. The molecule has 0 aliphatic carbocycles. The number of carbonyl (C=O) groups is 3. The number of ether oxygens (including phenoxy) is 1. The molecule has 3 aromatic rings. The molecule has 8 nitrogen and oxygen atoms in total. The molecular formula is C28H28N2O6S. The van der Waals surface area contributed by atoms with Crippen molar-refractivity contribution in [2.75, 3.05) is 23.4 Å². The first kappa shape index (κ1) is 26.1. The summed E-state index contributed by atoms with van der Waals surface area (Å²) < 4.78 is 29.4. The molecule has 0 bridgehead atoms. The van der Waals surface area contributed by atoms with E-state index in [1.165, 1.54) is 11.0 Å². The zero-order valence-electron chi connectivity index (χ0n) is 20.2. The molecule has 1 fully saturated rings. The number of amides is 2. The van der Waals surface area contributed by atoms with Crippen LogP contribution in [0.4, 0.5) is 5.69 Å². The van der Waals surface area contributed by atoms with Crippen LogP contribution >= 0.6 is 0 Å². The van der Waals surface area contributed by atoms with Gasteiger partial charge in [-0.25, -0.2) is 13.2 Å². The van der Waals surface area contributed by atoms with Crippen molar-refractivity contribution in [3.63, 3.8) is 0 Å². The van der Waals surface area contributed by atoms with Crippen molar-refractivity contribution in [1.82, 2.24) is 4.90 Å². The third-order valence-corrected chi connectivity index (χ3v) is 7.87. The fraction of sp³-hybridized carbons (Fsp3) is 0.250. The van der Waals surface area contributed by atoms with E-state index >= 15 is 0 Å². The number of esters is 1. The molecule has 0 aromatic heterocycles. The van der Waals surface area contributed by atoms with Crippen molar-refractivity contribution < 1.29 is 27.5 Å². The zero-order valence-corrected chi connectivity index (χ0v) is 21.0. The van der Waals surface area contributed by atoms with Gasteiger partial charge in [0, 0.05) is 12.6 Å². The molecular weight excluding hydrogens is 492 g/mol. The molecule has 192 valence electrons. The molecule has 1 aliphatic heterocycles. The minimum atomic E-state index is -3.22. The summed E-state index contributed by atoms with van der Waals surface area (Å²) in [6.45, 7) is -0.335. The second kappa shape index (κ2) is 11.8. The maximum absolute atomic E-state index is 13.1. The Bertz CT molecular complexity index is 1360. The Hall–Kier alpha value is -3.98. The minimum absolute atomic E-state index is 0.0199. The lowest BCUT2D eigenvalue weighted by molar-refractivity contribution is -0.137. The van der Waals surface area contributed by atoms with E-state index in [0.717, 1.165) is 11.1 Å². The van der Waals surface area contributed by atoms with Crippen molar-refractivity contribution in [3.8, 4) is 0 Å². The molecule has 1 aliphatic rings. The third kappa shape index (κ3) is 7.27. The van der Waals surface area contributed by atoms with Crippen LogP contribution in [0.25, 0.3) is 0 Å². The maximum atomic E-state index is 13.1. The molecule has 2 amide bonds. The quantitative estimate of drug-likeness (QED) is 0.434. The Morgan fingerprint density at radius 3 is 2.14 bits per heavy atom. The van der Waals surface area contributed by atoms with Crippen molar-refractivity contribution in [3.05, 3.63) is 102 Å². The van der Waals surface area contributed by atoms with Crippen molar-refractivity contribution >= 4 is 33.3 Å². The molecule has 1 unspecified atom stereocenters. The Labute approximate surface area is 216 Å². The summed E-state index contributed by atoms with van der Waals surface area (Å²) in [6, 6.07) is 24.4. The first-order valence-electron chi connectivity index (χ1n) is 11.9. The highest BCUT2D eigenvalue weighted by molar-refractivity contribution is 7.91. The van der Waals surface area contributed by atoms with Gasteiger partial charge in [0.1, 0.15) is 0 Å². The van der Waals surface area contributed by atoms with Gasteiger partial charge < -0.3 is 15.0 Å². The van der Waals surface area contributed by atoms with Gasteiger partial charge >= 0.3 is 5.97 Å². The van der Waals surface area contributed by atoms with Gasteiger partial charge in [0.2, 0.25) is 5.91 Å². The number of hydrogen-bond acceptors (Lipinski definition) is 6.